The first kappa shape index (κ1) is 12.2. The molecule has 0 aliphatic rings. The van der Waals surface area contributed by atoms with Gasteiger partial charge in [0.05, 0.1) is 12.1 Å². The molecule has 0 saturated carbocycles. The van der Waals surface area contributed by atoms with Crippen LogP contribution in [0.2, 0.25) is 0 Å². The SMILES string of the molecule is CNC(c1ccc(C)c(C)c1C)C(C)O. The Labute approximate surface area is 92.3 Å². The Bertz CT molecular complexity index is 345. The highest BCUT2D eigenvalue weighted by Gasteiger charge is 2.17. The van der Waals surface area contributed by atoms with Gasteiger partial charge in [-0.3, -0.25) is 0 Å². The van der Waals surface area contributed by atoms with Crippen LogP contribution in [0.1, 0.15) is 35.2 Å². The third-order valence-corrected chi connectivity index (χ3v) is 3.23. The molecule has 0 aromatic heterocycles. The number of hydrogen-bond donors (Lipinski definition) is 2. The lowest BCUT2D eigenvalue weighted by Crippen LogP contribution is -2.28. The monoisotopic (exact) mass is 207 g/mol. The lowest BCUT2D eigenvalue weighted by molar-refractivity contribution is 0.149. The molecule has 0 fully saturated rings. The van der Waals surface area contributed by atoms with Crippen molar-refractivity contribution in [3.63, 3.8) is 0 Å². The molecule has 0 aliphatic carbocycles. The van der Waals surface area contributed by atoms with E-state index in [0.29, 0.717) is 0 Å². The second-order valence-electron chi connectivity index (χ2n) is 4.23. The maximum Gasteiger partial charge on any atom is 0.0706 e. The van der Waals surface area contributed by atoms with E-state index in [1.54, 1.807) is 0 Å². The first-order chi connectivity index (χ1) is 6.99. The van der Waals surface area contributed by atoms with Crippen LogP contribution in [0, 0.1) is 20.8 Å². The molecule has 2 nitrogen and oxygen atoms in total. The summed E-state index contributed by atoms with van der Waals surface area (Å²) in [5, 5.41) is 12.8. The van der Waals surface area contributed by atoms with E-state index in [1.165, 1.54) is 22.3 Å². The fourth-order valence-electron chi connectivity index (χ4n) is 1.97. The van der Waals surface area contributed by atoms with Crippen molar-refractivity contribution in [1.29, 1.82) is 0 Å². The van der Waals surface area contributed by atoms with Gasteiger partial charge >= 0.3 is 0 Å². The van der Waals surface area contributed by atoms with Gasteiger partial charge in [-0.1, -0.05) is 12.1 Å². The van der Waals surface area contributed by atoms with Crippen molar-refractivity contribution in [1.82, 2.24) is 5.32 Å². The van der Waals surface area contributed by atoms with Crippen LogP contribution in [-0.4, -0.2) is 18.3 Å². The van der Waals surface area contributed by atoms with Crippen molar-refractivity contribution in [2.24, 2.45) is 0 Å². The molecule has 15 heavy (non-hydrogen) atoms. The van der Waals surface area contributed by atoms with Gasteiger partial charge in [0.2, 0.25) is 0 Å². The molecule has 0 bridgehead atoms. The Kier molecular flexibility index (Phi) is 3.89. The Hall–Kier alpha value is -0.860. The predicted molar refractivity (Wildman–Crippen MR) is 64.1 cm³/mol. The third-order valence-electron chi connectivity index (χ3n) is 3.23. The number of nitrogens with one attached hydrogen (secondary N) is 1. The van der Waals surface area contributed by atoms with Crippen LogP contribution in [0.5, 0.6) is 0 Å². The van der Waals surface area contributed by atoms with Gasteiger partial charge in [-0.05, 0) is 57.0 Å². The van der Waals surface area contributed by atoms with Crippen molar-refractivity contribution in [3.05, 3.63) is 34.4 Å². The summed E-state index contributed by atoms with van der Waals surface area (Å²) < 4.78 is 0. The van der Waals surface area contributed by atoms with Gasteiger partial charge < -0.3 is 10.4 Å². The van der Waals surface area contributed by atoms with E-state index in [1.807, 2.05) is 14.0 Å². The molecule has 0 spiro atoms. The quantitative estimate of drug-likeness (QED) is 0.797. The summed E-state index contributed by atoms with van der Waals surface area (Å²) in [7, 11) is 1.88. The van der Waals surface area contributed by atoms with Crippen LogP contribution >= 0.6 is 0 Å². The number of hydrogen-bond acceptors (Lipinski definition) is 2. The van der Waals surface area contributed by atoms with Crippen molar-refractivity contribution in [2.45, 2.75) is 39.8 Å². The van der Waals surface area contributed by atoms with Crippen LogP contribution in [-0.2, 0) is 0 Å². The summed E-state index contributed by atoms with van der Waals surface area (Å²) >= 11 is 0. The van der Waals surface area contributed by atoms with Gasteiger partial charge in [0.25, 0.3) is 0 Å². The van der Waals surface area contributed by atoms with Gasteiger partial charge in [0, 0.05) is 0 Å². The molecule has 2 heteroatoms. The third kappa shape index (κ3) is 2.39. The van der Waals surface area contributed by atoms with Crippen molar-refractivity contribution < 1.29 is 5.11 Å². The van der Waals surface area contributed by atoms with Gasteiger partial charge in [-0.25, -0.2) is 0 Å². The first-order valence-electron chi connectivity index (χ1n) is 5.41. The average Bonchev–Trinajstić information content (AvgIpc) is 2.18. The number of rotatable bonds is 3. The van der Waals surface area contributed by atoms with Crippen LogP contribution in [0.4, 0.5) is 0 Å². The van der Waals surface area contributed by atoms with E-state index in [-0.39, 0.29) is 12.1 Å². The Morgan fingerprint density at radius 1 is 1.13 bits per heavy atom. The second-order valence-corrected chi connectivity index (χ2v) is 4.23. The van der Waals surface area contributed by atoms with Crippen molar-refractivity contribution in [3.8, 4) is 0 Å². The van der Waals surface area contributed by atoms with E-state index in [4.69, 9.17) is 0 Å². The van der Waals surface area contributed by atoms with E-state index in [2.05, 4.69) is 38.2 Å². The van der Waals surface area contributed by atoms with Gasteiger partial charge in [0.1, 0.15) is 0 Å². The highest BCUT2D eigenvalue weighted by molar-refractivity contribution is 5.40. The molecule has 1 aromatic carbocycles. The summed E-state index contributed by atoms with van der Waals surface area (Å²) in [6.07, 6.45) is -0.379. The molecule has 2 unspecified atom stereocenters. The van der Waals surface area contributed by atoms with Crippen molar-refractivity contribution >= 4 is 0 Å². The summed E-state index contributed by atoms with van der Waals surface area (Å²) in [6.45, 7) is 8.17. The number of aryl methyl sites for hydroxylation is 1. The molecular weight excluding hydrogens is 186 g/mol. The molecule has 0 aliphatic heterocycles. The minimum absolute atomic E-state index is 0.0179. The zero-order valence-corrected chi connectivity index (χ0v) is 10.3. The number of benzene rings is 1. The summed E-state index contributed by atoms with van der Waals surface area (Å²) in [6, 6.07) is 4.24. The van der Waals surface area contributed by atoms with E-state index >= 15 is 0 Å². The predicted octanol–water partition coefficient (Wildman–Crippen LogP) is 2.25. The molecule has 0 saturated heterocycles. The minimum atomic E-state index is -0.379. The lowest BCUT2D eigenvalue weighted by atomic mass is 9.92. The fourth-order valence-corrected chi connectivity index (χ4v) is 1.97. The largest absolute Gasteiger partial charge is 0.391 e. The highest BCUT2D eigenvalue weighted by atomic mass is 16.3. The second kappa shape index (κ2) is 4.77. The fraction of sp³-hybridized carbons (Fsp3) is 0.538. The molecule has 2 atom stereocenters. The van der Waals surface area contributed by atoms with Crippen LogP contribution < -0.4 is 5.32 Å². The number of aliphatic hydroxyl groups is 1. The lowest BCUT2D eigenvalue weighted by Gasteiger charge is -2.23. The molecule has 0 radical (unpaired) electrons. The molecule has 0 heterocycles. The smallest absolute Gasteiger partial charge is 0.0706 e. The Morgan fingerprint density at radius 2 is 1.73 bits per heavy atom. The summed E-state index contributed by atoms with van der Waals surface area (Å²) in [5.41, 5.74) is 5.08. The molecule has 0 amide bonds. The molecule has 2 N–H and O–H groups in total. The molecule has 1 rings (SSSR count). The standard InChI is InChI=1S/C13H21NO/c1-8-6-7-12(10(3)9(8)2)13(14-5)11(4)15/h6-7,11,13-15H,1-5H3. The minimum Gasteiger partial charge on any atom is -0.391 e. The molecule has 1 aromatic rings. The van der Waals surface area contributed by atoms with Crippen LogP contribution in [0.25, 0.3) is 0 Å². The number of aliphatic hydroxyl groups excluding tert-OH is 1. The zero-order chi connectivity index (χ0) is 11.6. The van der Waals surface area contributed by atoms with Gasteiger partial charge in [0.15, 0.2) is 0 Å². The maximum absolute atomic E-state index is 9.69. The first-order valence-corrected chi connectivity index (χ1v) is 5.41. The average molecular weight is 207 g/mol. The Morgan fingerprint density at radius 3 is 2.20 bits per heavy atom. The highest BCUT2D eigenvalue weighted by Crippen LogP contribution is 2.24. The molecule has 84 valence electrons. The number of likely N-dealkylation sites (N-methyl/N-ethyl adjacent to an activating group) is 1. The molecular formula is C13H21NO. The van der Waals surface area contributed by atoms with Gasteiger partial charge in [-0.15, -0.1) is 0 Å². The van der Waals surface area contributed by atoms with E-state index in [0.717, 1.165) is 0 Å². The Balaban J connectivity index is 3.19. The normalized spacial score (nSPS) is 15.1. The van der Waals surface area contributed by atoms with Crippen molar-refractivity contribution in [2.75, 3.05) is 7.05 Å². The maximum atomic E-state index is 9.69. The zero-order valence-electron chi connectivity index (χ0n) is 10.3. The summed E-state index contributed by atoms with van der Waals surface area (Å²) in [4.78, 5) is 0. The van der Waals surface area contributed by atoms with E-state index in [9.17, 15) is 5.11 Å². The topological polar surface area (TPSA) is 32.3 Å². The van der Waals surface area contributed by atoms with Crippen LogP contribution in [0.15, 0.2) is 12.1 Å². The van der Waals surface area contributed by atoms with Gasteiger partial charge in [-0.2, -0.15) is 0 Å². The van der Waals surface area contributed by atoms with E-state index < -0.39 is 0 Å². The van der Waals surface area contributed by atoms with Crippen LogP contribution in [0.3, 0.4) is 0 Å². The summed E-state index contributed by atoms with van der Waals surface area (Å²) in [5.74, 6) is 0.